The van der Waals surface area contributed by atoms with E-state index in [1.807, 2.05) is 0 Å². The molecule has 1 rings (SSSR count). The second-order valence-corrected chi connectivity index (χ2v) is 12.6. The van der Waals surface area contributed by atoms with E-state index < -0.39 is 6.91 Å². The van der Waals surface area contributed by atoms with E-state index in [-0.39, 0.29) is 0 Å². The van der Waals surface area contributed by atoms with Crippen LogP contribution in [0.1, 0.15) is 91.4 Å². The Morgan fingerprint density at radius 2 is 1.15 bits per heavy atom. The van der Waals surface area contributed by atoms with E-state index in [1.54, 1.807) is 0 Å². The predicted molar refractivity (Wildman–Crippen MR) is 94.2 cm³/mol. The zero-order chi connectivity index (χ0) is 14.9. The van der Waals surface area contributed by atoms with Crippen LogP contribution < -0.4 is 0 Å². The van der Waals surface area contributed by atoms with Gasteiger partial charge in [0.2, 0.25) is 0 Å². The van der Waals surface area contributed by atoms with Crippen molar-refractivity contribution in [2.24, 2.45) is 0 Å². The summed E-state index contributed by atoms with van der Waals surface area (Å²) in [6.07, 6.45) is 16.0. The van der Waals surface area contributed by atoms with Crippen molar-refractivity contribution in [3.63, 3.8) is 0 Å². The normalized spacial score (nSPS) is 19.7. The zero-order valence-electron chi connectivity index (χ0n) is 14.3. The summed E-state index contributed by atoms with van der Waals surface area (Å²) in [7, 11) is 0. The van der Waals surface area contributed by atoms with Crippen molar-refractivity contribution >= 4 is 6.91 Å². The molecule has 122 valence electrons. The van der Waals surface area contributed by atoms with Gasteiger partial charge in [0.1, 0.15) is 0 Å². The van der Waals surface area contributed by atoms with Gasteiger partial charge in [-0.3, -0.25) is 0 Å². The Morgan fingerprint density at radius 3 is 1.50 bits per heavy atom. The van der Waals surface area contributed by atoms with Crippen LogP contribution in [-0.2, 0) is 0 Å². The standard InChI is InChI=1S/C18H38FP/c1-4-7-15-20(19,16-8-5-2,17-9-6-3)18-13-11-10-12-14-18/h18H,4-17H2,1-3H3. The van der Waals surface area contributed by atoms with E-state index in [0.717, 1.165) is 57.0 Å². The summed E-state index contributed by atoms with van der Waals surface area (Å²) in [6, 6.07) is 0. The summed E-state index contributed by atoms with van der Waals surface area (Å²) in [6.45, 7) is 3.72. The van der Waals surface area contributed by atoms with Crippen molar-refractivity contribution < 1.29 is 4.20 Å². The predicted octanol–water partition coefficient (Wildman–Crippen LogP) is 7.16. The molecule has 0 unspecified atom stereocenters. The van der Waals surface area contributed by atoms with Crippen LogP contribution in [-0.4, -0.2) is 24.1 Å². The zero-order valence-corrected chi connectivity index (χ0v) is 15.2. The second-order valence-electron chi connectivity index (χ2n) is 7.20. The first-order chi connectivity index (χ1) is 9.59. The summed E-state index contributed by atoms with van der Waals surface area (Å²) >= 11 is 0. The van der Waals surface area contributed by atoms with Crippen molar-refractivity contribution in [1.29, 1.82) is 0 Å². The van der Waals surface area contributed by atoms with Crippen LogP contribution in [0.5, 0.6) is 0 Å². The average molecular weight is 304 g/mol. The van der Waals surface area contributed by atoms with E-state index in [2.05, 4.69) is 20.8 Å². The monoisotopic (exact) mass is 304 g/mol. The summed E-state index contributed by atoms with van der Waals surface area (Å²) < 4.78 is 16.8. The van der Waals surface area contributed by atoms with Crippen LogP contribution >= 0.6 is 6.91 Å². The van der Waals surface area contributed by atoms with Crippen LogP contribution in [0.3, 0.4) is 0 Å². The molecule has 0 nitrogen and oxygen atoms in total. The van der Waals surface area contributed by atoms with Gasteiger partial charge in [-0.15, -0.1) is 0 Å². The maximum absolute atomic E-state index is 16.8. The van der Waals surface area contributed by atoms with Gasteiger partial charge in [0, 0.05) is 0 Å². The third-order valence-corrected chi connectivity index (χ3v) is 12.1. The van der Waals surface area contributed by atoms with Crippen molar-refractivity contribution in [1.82, 2.24) is 0 Å². The molecule has 0 aliphatic heterocycles. The van der Waals surface area contributed by atoms with Crippen molar-refractivity contribution in [3.05, 3.63) is 0 Å². The molecular weight excluding hydrogens is 266 g/mol. The topological polar surface area (TPSA) is 0 Å². The number of hydrogen-bond acceptors (Lipinski definition) is 0. The van der Waals surface area contributed by atoms with E-state index in [1.165, 1.54) is 32.1 Å². The van der Waals surface area contributed by atoms with Crippen molar-refractivity contribution in [2.75, 3.05) is 18.5 Å². The average Bonchev–Trinajstić information content (AvgIpc) is 2.50. The molecular formula is C18H38FP. The van der Waals surface area contributed by atoms with Crippen LogP contribution in [0.25, 0.3) is 0 Å². The molecule has 0 amide bonds. The Bertz CT molecular complexity index is 234. The van der Waals surface area contributed by atoms with Gasteiger partial charge in [0.15, 0.2) is 0 Å². The third-order valence-electron chi connectivity index (χ3n) is 5.61. The van der Waals surface area contributed by atoms with E-state index in [4.69, 9.17) is 0 Å². The minimum absolute atomic E-state index is 0.472. The van der Waals surface area contributed by atoms with Gasteiger partial charge in [-0.2, -0.15) is 0 Å². The van der Waals surface area contributed by atoms with Gasteiger partial charge in [-0.05, 0) is 0 Å². The number of halogens is 1. The quantitative estimate of drug-likeness (QED) is 0.376. The van der Waals surface area contributed by atoms with Crippen molar-refractivity contribution in [3.8, 4) is 0 Å². The fourth-order valence-corrected chi connectivity index (χ4v) is 10.8. The molecule has 0 heterocycles. The molecule has 0 aromatic heterocycles. The van der Waals surface area contributed by atoms with Crippen molar-refractivity contribution in [2.45, 2.75) is 97.1 Å². The molecule has 0 saturated heterocycles. The molecule has 0 aromatic carbocycles. The van der Waals surface area contributed by atoms with Crippen LogP contribution in [0, 0.1) is 0 Å². The fourth-order valence-electron chi connectivity index (χ4n) is 4.21. The van der Waals surface area contributed by atoms with Gasteiger partial charge in [0.05, 0.1) is 0 Å². The molecule has 0 atom stereocenters. The summed E-state index contributed by atoms with van der Waals surface area (Å²) in [5.74, 6) is 0. The van der Waals surface area contributed by atoms with Crippen LogP contribution in [0.15, 0.2) is 0 Å². The Balaban J connectivity index is 2.94. The molecule has 1 fully saturated rings. The van der Waals surface area contributed by atoms with Gasteiger partial charge in [0.25, 0.3) is 0 Å². The molecule has 0 bridgehead atoms. The Hall–Kier alpha value is 0.360. The molecule has 2 heteroatoms. The molecule has 0 radical (unpaired) electrons. The summed E-state index contributed by atoms with van der Waals surface area (Å²) in [4.78, 5) is 0. The molecule has 20 heavy (non-hydrogen) atoms. The van der Waals surface area contributed by atoms with E-state index in [9.17, 15) is 0 Å². The first-order valence-electron chi connectivity index (χ1n) is 9.31. The first-order valence-corrected chi connectivity index (χ1v) is 12.1. The maximum atomic E-state index is 16.8. The molecule has 1 aliphatic carbocycles. The third kappa shape index (κ3) is 4.69. The summed E-state index contributed by atoms with van der Waals surface area (Å²) in [5.41, 5.74) is 0.472. The molecule has 1 aliphatic rings. The van der Waals surface area contributed by atoms with Crippen LogP contribution in [0.4, 0.5) is 4.20 Å². The number of rotatable bonds is 10. The van der Waals surface area contributed by atoms with Gasteiger partial charge < -0.3 is 0 Å². The Labute approximate surface area is 127 Å². The number of unbranched alkanes of at least 4 members (excludes halogenated alkanes) is 3. The molecule has 0 spiro atoms. The Kier molecular flexibility index (Phi) is 8.02. The second kappa shape index (κ2) is 8.72. The van der Waals surface area contributed by atoms with Gasteiger partial charge in [-0.25, -0.2) is 0 Å². The van der Waals surface area contributed by atoms with Gasteiger partial charge >= 0.3 is 127 Å². The number of hydrogen-bond donors (Lipinski definition) is 0. The van der Waals surface area contributed by atoms with Crippen LogP contribution in [0.2, 0.25) is 0 Å². The Morgan fingerprint density at radius 1 is 0.750 bits per heavy atom. The molecule has 1 saturated carbocycles. The SMILES string of the molecule is CCCCP(F)(CCCC)(CCCC)C1CCCCC1. The van der Waals surface area contributed by atoms with E-state index in [0.29, 0.717) is 5.66 Å². The summed E-state index contributed by atoms with van der Waals surface area (Å²) in [5, 5.41) is 0. The van der Waals surface area contributed by atoms with Gasteiger partial charge in [-0.1, -0.05) is 0 Å². The van der Waals surface area contributed by atoms with E-state index >= 15 is 4.20 Å². The molecule has 0 N–H and O–H groups in total. The molecule has 0 aromatic rings. The minimum atomic E-state index is -2.95. The first kappa shape index (κ1) is 18.4. The fraction of sp³-hybridized carbons (Fsp3) is 1.00.